The molecule has 0 heterocycles. The van der Waals surface area contributed by atoms with Gasteiger partial charge in [0.25, 0.3) is 0 Å². The minimum Gasteiger partial charge on any atom is -0.791 e. The summed E-state index contributed by atoms with van der Waals surface area (Å²) in [5.74, 6) is -7.60. The van der Waals surface area contributed by atoms with Gasteiger partial charge in [-0.25, -0.2) is 0 Å². The van der Waals surface area contributed by atoms with E-state index in [1.165, 1.54) is 0 Å². The van der Waals surface area contributed by atoms with Crippen molar-refractivity contribution in [2.24, 2.45) is 34.4 Å². The van der Waals surface area contributed by atoms with Crippen molar-refractivity contribution >= 4 is 112 Å². The second-order valence-electron chi connectivity index (χ2n) is 6.55. The van der Waals surface area contributed by atoms with E-state index in [-0.39, 0.29) is 90.8 Å². The molecule has 6 atom stereocenters. The molecule has 0 aliphatic carbocycles. The fourth-order valence-electron chi connectivity index (χ4n) is 0.408. The summed E-state index contributed by atoms with van der Waals surface area (Å²) >= 11 is 25.8. The molecular formula is C18H30CrN6O12Rh2S6-3. The number of hydrogen-bond acceptors (Lipinski definition) is 24. The minimum atomic E-state index is -1.28. The molecule has 0 aromatic carbocycles. The average molecular weight is 973 g/mol. The van der Waals surface area contributed by atoms with Crippen LogP contribution in [0, 0.1) is 0 Å². The number of nitrogens with two attached hydrogens (primary N) is 6. The molecule has 0 bridgehead atoms. The molecule has 1 radical (unpaired) electrons. The second-order valence-corrected chi connectivity index (χ2v) is 8.55. The summed E-state index contributed by atoms with van der Waals surface area (Å²) in [6, 6.07) is -5.86. The van der Waals surface area contributed by atoms with Crippen molar-refractivity contribution in [1.29, 1.82) is 0 Å². The monoisotopic (exact) mass is 972 g/mol. The maximum atomic E-state index is 9.63. The number of carbonyl (C=O) groups excluding carboxylic acids is 6. The average Bonchev–Trinajstić information content (AvgIpc) is 2.95. The van der Waals surface area contributed by atoms with E-state index in [1.807, 2.05) is 0 Å². The first kappa shape index (κ1) is 67.6. The summed E-state index contributed by atoms with van der Waals surface area (Å²) in [5, 5.41) is 57.8. The van der Waals surface area contributed by atoms with Crippen molar-refractivity contribution < 1.29 is 116 Å². The molecule has 0 rings (SSSR count). The first-order chi connectivity index (χ1) is 19.1. The SMILES string of the molecule is N[C@@H](C[S-])C(=O)[O-].N[C@@H](C[S-])C(=O)[O-].N[C@@H](C[S-])C(=O)[O-].N[C@@H](C[S-])C(=O)[O-].N[C@@H](C[S-])C(=O)[O-].N[C@@H](C[S-])C(=O)[O-].[Cr+3].[Rh+3].[Rh+3]. The summed E-state index contributed by atoms with van der Waals surface area (Å²) in [6.07, 6.45) is 0. The molecule has 18 nitrogen and oxygen atoms in total. The zero-order valence-electron chi connectivity index (χ0n) is 22.6. The number of hydrogen-bond donors (Lipinski definition) is 6. The Bertz CT molecular complexity index is 626. The van der Waals surface area contributed by atoms with Gasteiger partial charge in [-0.05, 0) is 0 Å². The van der Waals surface area contributed by atoms with Crippen LogP contribution in [0.3, 0.4) is 0 Å². The zero-order chi connectivity index (χ0) is 35.2. The van der Waals surface area contributed by atoms with Gasteiger partial charge in [-0.2, -0.15) is 34.5 Å². The third-order valence-corrected chi connectivity index (χ3v) is 5.05. The molecule has 0 fully saturated rings. The van der Waals surface area contributed by atoms with E-state index in [4.69, 9.17) is 34.4 Å². The standard InChI is InChI=1S/6C3H7NO2S.Cr.2Rh/c6*4-2(1-7)3(5)6;;;/h6*2,7H,1,4H2,(H,5,6);;;/q;;;;;;3*+3/p-12/t6*2-;;;/m000000.../s1. The predicted octanol–water partition coefficient (Wildman–Crippen LogP) is -14.3. The van der Waals surface area contributed by atoms with Gasteiger partial charge in [0.2, 0.25) is 0 Å². The quantitative estimate of drug-likeness (QED) is 0.0781. The molecule has 0 amide bonds. The van der Waals surface area contributed by atoms with Crippen molar-refractivity contribution in [3.8, 4) is 0 Å². The van der Waals surface area contributed by atoms with Gasteiger partial charge < -0.3 is 170 Å². The van der Waals surface area contributed by atoms with Gasteiger partial charge in [0.15, 0.2) is 0 Å². The number of aliphatic carboxylic acids is 6. The molecule has 0 aromatic rings. The van der Waals surface area contributed by atoms with Gasteiger partial charge in [-0.3, -0.25) is 0 Å². The topological polar surface area (TPSA) is 397 Å². The van der Waals surface area contributed by atoms with Crippen LogP contribution in [0.2, 0.25) is 0 Å². The van der Waals surface area contributed by atoms with Crippen LogP contribution in [0.1, 0.15) is 0 Å². The Hall–Kier alpha value is 0.459. The van der Waals surface area contributed by atoms with E-state index in [0.29, 0.717) is 0 Å². The molecule has 0 aliphatic rings. The molecule has 267 valence electrons. The van der Waals surface area contributed by atoms with Gasteiger partial charge in [0.05, 0.1) is 35.8 Å². The Morgan fingerprint density at radius 1 is 0.356 bits per heavy atom. The van der Waals surface area contributed by atoms with E-state index in [1.54, 1.807) is 0 Å². The van der Waals surface area contributed by atoms with E-state index >= 15 is 0 Å². The second kappa shape index (κ2) is 46.6. The third-order valence-electron chi connectivity index (χ3n) is 2.89. The van der Waals surface area contributed by atoms with E-state index < -0.39 is 72.1 Å². The summed E-state index contributed by atoms with van der Waals surface area (Å²) < 4.78 is 0. The summed E-state index contributed by atoms with van der Waals surface area (Å²) in [4.78, 5) is 57.8. The number of carboxylic acid groups (broad SMARTS) is 6. The zero-order valence-corrected chi connectivity index (χ0v) is 32.0. The minimum absolute atomic E-state index is 0. The Balaban J connectivity index is -0.0000000487. The van der Waals surface area contributed by atoms with Crippen LogP contribution in [-0.4, -0.2) is 107 Å². The van der Waals surface area contributed by atoms with Crippen LogP contribution < -0.4 is 65.0 Å². The van der Waals surface area contributed by atoms with Crippen LogP contribution in [0.25, 0.3) is 0 Å². The van der Waals surface area contributed by atoms with Crippen LogP contribution in [0.15, 0.2) is 0 Å². The molecule has 0 aliphatic heterocycles. The van der Waals surface area contributed by atoms with E-state index in [2.05, 4.69) is 75.8 Å². The maximum Gasteiger partial charge on any atom is 3.00 e. The molecule has 12 N–H and O–H groups in total. The van der Waals surface area contributed by atoms with Gasteiger partial charge in [0.1, 0.15) is 0 Å². The van der Waals surface area contributed by atoms with Gasteiger partial charge >= 0.3 is 56.3 Å². The van der Waals surface area contributed by atoms with Gasteiger partial charge in [0, 0.05) is 36.3 Å². The van der Waals surface area contributed by atoms with Crippen molar-refractivity contribution in [2.45, 2.75) is 36.3 Å². The molecule has 0 aromatic heterocycles. The first-order valence-electron chi connectivity index (χ1n) is 10.4. The van der Waals surface area contributed by atoms with Crippen molar-refractivity contribution in [3.05, 3.63) is 0 Å². The van der Waals surface area contributed by atoms with Gasteiger partial charge in [-0.1, -0.05) is 0 Å². The Labute approximate surface area is 329 Å². The van der Waals surface area contributed by atoms with Crippen LogP contribution in [-0.2, 0) is 161 Å². The molecule has 0 unspecified atom stereocenters. The van der Waals surface area contributed by atoms with Crippen LogP contribution >= 0.6 is 0 Å². The number of carboxylic acids is 6. The predicted molar refractivity (Wildman–Crippen MR) is 151 cm³/mol. The fraction of sp³-hybridized carbons (Fsp3) is 0.667. The smallest absolute Gasteiger partial charge is 0.791 e. The Morgan fingerprint density at radius 2 is 0.422 bits per heavy atom. The summed E-state index contributed by atoms with van der Waals surface area (Å²) in [7, 11) is 0. The summed E-state index contributed by atoms with van der Waals surface area (Å²) in [5.41, 5.74) is 29.1. The van der Waals surface area contributed by atoms with Crippen molar-refractivity contribution in [2.75, 3.05) is 34.5 Å². The third kappa shape index (κ3) is 60.3. The van der Waals surface area contributed by atoms with Crippen LogP contribution in [0.5, 0.6) is 0 Å². The molecule has 27 heteroatoms. The Kier molecular flexibility index (Phi) is 70.0. The van der Waals surface area contributed by atoms with Crippen molar-refractivity contribution in [1.82, 2.24) is 0 Å². The molecular weight excluding hydrogens is 942 g/mol. The van der Waals surface area contributed by atoms with E-state index in [0.717, 1.165) is 0 Å². The summed E-state index contributed by atoms with van der Waals surface area (Å²) in [6.45, 7) is 0. The number of carbonyl (C=O) groups is 6. The maximum absolute atomic E-state index is 9.63. The van der Waals surface area contributed by atoms with Crippen LogP contribution in [0.4, 0.5) is 0 Å². The Morgan fingerprint density at radius 3 is 0.422 bits per heavy atom. The number of rotatable bonds is 12. The first-order valence-corrected chi connectivity index (χ1v) is 13.8. The fourth-order valence-corrected chi connectivity index (χ4v) is 1.22. The van der Waals surface area contributed by atoms with Gasteiger partial charge in [-0.15, -0.1) is 0 Å². The van der Waals surface area contributed by atoms with Crippen molar-refractivity contribution in [3.63, 3.8) is 0 Å². The molecule has 0 saturated carbocycles. The molecule has 45 heavy (non-hydrogen) atoms. The normalized spacial score (nSPS) is 12.5. The molecule has 0 saturated heterocycles. The van der Waals surface area contributed by atoms with E-state index in [9.17, 15) is 59.4 Å². The molecule has 0 spiro atoms. The largest absolute Gasteiger partial charge is 3.00 e.